The fraction of sp³-hybridized carbons (Fsp3) is 0.357. The Morgan fingerprint density at radius 2 is 2.00 bits per heavy atom. The van der Waals surface area contributed by atoms with Gasteiger partial charge in [-0.15, -0.1) is 0 Å². The van der Waals surface area contributed by atoms with Crippen LogP contribution in [0.4, 0.5) is 0 Å². The zero-order valence-electron chi connectivity index (χ0n) is 10.2. The predicted octanol–water partition coefficient (Wildman–Crippen LogP) is 2.10. The normalized spacial score (nSPS) is 12.6. The van der Waals surface area contributed by atoms with Crippen LogP contribution in [0.3, 0.4) is 0 Å². The first-order chi connectivity index (χ1) is 8.29. The highest BCUT2D eigenvalue weighted by atomic mass is 15.2. The lowest BCUT2D eigenvalue weighted by molar-refractivity contribution is 0.619. The third-order valence-corrected chi connectivity index (χ3v) is 3.07. The van der Waals surface area contributed by atoms with Crippen molar-refractivity contribution in [3.63, 3.8) is 0 Å². The maximum Gasteiger partial charge on any atom is 0.0624 e. The Kier molecular flexibility index (Phi) is 3.94. The van der Waals surface area contributed by atoms with Crippen molar-refractivity contribution in [1.82, 2.24) is 9.78 Å². The molecular weight excluding hydrogens is 210 g/mol. The summed E-state index contributed by atoms with van der Waals surface area (Å²) in [5.41, 5.74) is 8.31. The van der Waals surface area contributed by atoms with Gasteiger partial charge < -0.3 is 5.73 Å². The molecule has 0 spiro atoms. The van der Waals surface area contributed by atoms with Gasteiger partial charge in [-0.2, -0.15) is 5.10 Å². The van der Waals surface area contributed by atoms with Crippen LogP contribution >= 0.6 is 0 Å². The van der Waals surface area contributed by atoms with Gasteiger partial charge in [0.2, 0.25) is 0 Å². The number of aryl methyl sites for hydroxylation is 2. The topological polar surface area (TPSA) is 43.8 Å². The average molecular weight is 229 g/mol. The van der Waals surface area contributed by atoms with Crippen molar-refractivity contribution in [2.45, 2.75) is 18.8 Å². The number of hydrogen-bond donors (Lipinski definition) is 1. The second-order valence-electron chi connectivity index (χ2n) is 4.36. The predicted molar refractivity (Wildman–Crippen MR) is 69.8 cm³/mol. The van der Waals surface area contributed by atoms with Crippen LogP contribution in [0, 0.1) is 0 Å². The number of nitrogens with two attached hydrogens (primary N) is 1. The molecular formula is C14H19N3. The molecule has 1 aromatic carbocycles. The van der Waals surface area contributed by atoms with E-state index in [0.29, 0.717) is 12.5 Å². The lowest BCUT2D eigenvalue weighted by Gasteiger charge is -2.14. The first-order valence-electron chi connectivity index (χ1n) is 6.03. The van der Waals surface area contributed by atoms with Crippen molar-refractivity contribution in [2.75, 3.05) is 6.54 Å². The minimum absolute atomic E-state index is 0.429. The van der Waals surface area contributed by atoms with Gasteiger partial charge in [-0.3, -0.25) is 4.68 Å². The lowest BCUT2D eigenvalue weighted by atomic mass is 9.94. The molecule has 0 aliphatic rings. The molecule has 17 heavy (non-hydrogen) atoms. The smallest absolute Gasteiger partial charge is 0.0624 e. The highest BCUT2D eigenvalue weighted by Gasteiger charge is 2.10. The third-order valence-electron chi connectivity index (χ3n) is 3.07. The van der Waals surface area contributed by atoms with Gasteiger partial charge >= 0.3 is 0 Å². The highest BCUT2D eigenvalue weighted by molar-refractivity contribution is 5.20. The van der Waals surface area contributed by atoms with Gasteiger partial charge in [0.25, 0.3) is 0 Å². The molecule has 0 radical (unpaired) electrons. The molecule has 0 aliphatic heterocycles. The Morgan fingerprint density at radius 1 is 1.24 bits per heavy atom. The Balaban J connectivity index is 1.97. The molecule has 0 aliphatic carbocycles. The van der Waals surface area contributed by atoms with E-state index in [9.17, 15) is 0 Å². The third kappa shape index (κ3) is 3.17. The van der Waals surface area contributed by atoms with E-state index in [1.54, 1.807) is 0 Å². The van der Waals surface area contributed by atoms with Gasteiger partial charge in [-0.25, -0.2) is 0 Å². The Hall–Kier alpha value is -1.61. The molecule has 2 N–H and O–H groups in total. The van der Waals surface area contributed by atoms with E-state index in [0.717, 1.165) is 18.5 Å². The molecule has 1 unspecified atom stereocenters. The molecule has 1 aromatic heterocycles. The standard InChI is InChI=1S/C14H19N3/c1-17-10-9-14(16-17)8-7-13(11-15)12-5-3-2-4-6-12/h2-6,9-10,13H,7-8,11,15H2,1H3. The maximum atomic E-state index is 5.85. The van der Waals surface area contributed by atoms with Gasteiger partial charge in [0.1, 0.15) is 0 Å². The summed E-state index contributed by atoms with van der Waals surface area (Å²) < 4.78 is 1.84. The highest BCUT2D eigenvalue weighted by Crippen LogP contribution is 2.19. The monoisotopic (exact) mass is 229 g/mol. The molecule has 0 fully saturated rings. The minimum atomic E-state index is 0.429. The van der Waals surface area contributed by atoms with Gasteiger partial charge in [-0.05, 0) is 36.9 Å². The van der Waals surface area contributed by atoms with Crippen molar-refractivity contribution in [2.24, 2.45) is 12.8 Å². The first-order valence-corrected chi connectivity index (χ1v) is 6.03. The number of benzene rings is 1. The fourth-order valence-corrected chi connectivity index (χ4v) is 2.06. The molecule has 3 nitrogen and oxygen atoms in total. The number of aromatic nitrogens is 2. The summed E-state index contributed by atoms with van der Waals surface area (Å²) in [7, 11) is 1.95. The van der Waals surface area contributed by atoms with Crippen molar-refractivity contribution in [3.8, 4) is 0 Å². The molecule has 2 aromatic rings. The fourth-order valence-electron chi connectivity index (χ4n) is 2.06. The Labute approximate surface area is 102 Å². The molecule has 0 bridgehead atoms. The molecule has 90 valence electrons. The van der Waals surface area contributed by atoms with E-state index in [2.05, 4.69) is 35.4 Å². The van der Waals surface area contributed by atoms with Gasteiger partial charge in [0.05, 0.1) is 5.69 Å². The Bertz CT molecular complexity index is 448. The zero-order valence-corrected chi connectivity index (χ0v) is 10.2. The summed E-state index contributed by atoms with van der Waals surface area (Å²) in [4.78, 5) is 0. The molecule has 0 amide bonds. The Morgan fingerprint density at radius 3 is 2.59 bits per heavy atom. The van der Waals surface area contributed by atoms with Crippen LogP contribution in [0.2, 0.25) is 0 Å². The van der Waals surface area contributed by atoms with Crippen molar-refractivity contribution < 1.29 is 0 Å². The van der Waals surface area contributed by atoms with E-state index in [1.807, 2.05) is 24.0 Å². The number of rotatable bonds is 5. The molecule has 1 heterocycles. The van der Waals surface area contributed by atoms with E-state index in [4.69, 9.17) is 5.73 Å². The number of hydrogen-bond acceptors (Lipinski definition) is 2. The second-order valence-corrected chi connectivity index (χ2v) is 4.36. The van der Waals surface area contributed by atoms with Crippen molar-refractivity contribution in [3.05, 3.63) is 53.9 Å². The van der Waals surface area contributed by atoms with Crippen LogP contribution in [0.15, 0.2) is 42.6 Å². The van der Waals surface area contributed by atoms with Crippen molar-refractivity contribution in [1.29, 1.82) is 0 Å². The first kappa shape index (κ1) is 11.9. The van der Waals surface area contributed by atoms with E-state index in [-0.39, 0.29) is 0 Å². The molecule has 0 saturated carbocycles. The summed E-state index contributed by atoms with van der Waals surface area (Å²) in [6.45, 7) is 0.691. The average Bonchev–Trinajstić information content (AvgIpc) is 2.77. The summed E-state index contributed by atoms with van der Waals surface area (Å²) in [6.07, 6.45) is 4.02. The van der Waals surface area contributed by atoms with E-state index >= 15 is 0 Å². The van der Waals surface area contributed by atoms with Crippen LogP contribution in [-0.2, 0) is 13.5 Å². The summed E-state index contributed by atoms with van der Waals surface area (Å²) in [5, 5.41) is 4.39. The van der Waals surface area contributed by atoms with Gasteiger partial charge in [-0.1, -0.05) is 30.3 Å². The van der Waals surface area contributed by atoms with Crippen LogP contribution in [0.25, 0.3) is 0 Å². The second kappa shape index (κ2) is 5.64. The minimum Gasteiger partial charge on any atom is -0.330 e. The zero-order chi connectivity index (χ0) is 12.1. The van der Waals surface area contributed by atoms with Crippen LogP contribution < -0.4 is 5.73 Å². The van der Waals surface area contributed by atoms with E-state index in [1.165, 1.54) is 5.56 Å². The van der Waals surface area contributed by atoms with E-state index < -0.39 is 0 Å². The summed E-state index contributed by atoms with van der Waals surface area (Å²) in [6, 6.07) is 12.5. The summed E-state index contributed by atoms with van der Waals surface area (Å²) >= 11 is 0. The quantitative estimate of drug-likeness (QED) is 0.853. The lowest BCUT2D eigenvalue weighted by Crippen LogP contribution is -2.13. The SMILES string of the molecule is Cn1ccc(CCC(CN)c2ccccc2)n1. The maximum absolute atomic E-state index is 5.85. The van der Waals surface area contributed by atoms with Gasteiger partial charge in [0.15, 0.2) is 0 Å². The van der Waals surface area contributed by atoms with Crippen LogP contribution in [0.5, 0.6) is 0 Å². The molecule has 1 atom stereocenters. The van der Waals surface area contributed by atoms with Crippen LogP contribution in [0.1, 0.15) is 23.6 Å². The van der Waals surface area contributed by atoms with Gasteiger partial charge in [0, 0.05) is 13.2 Å². The van der Waals surface area contributed by atoms with Crippen molar-refractivity contribution >= 4 is 0 Å². The number of nitrogens with zero attached hydrogens (tertiary/aromatic N) is 2. The molecule has 0 saturated heterocycles. The molecule has 3 heteroatoms. The summed E-state index contributed by atoms with van der Waals surface area (Å²) in [5.74, 6) is 0.429. The van der Waals surface area contributed by atoms with Crippen LogP contribution in [-0.4, -0.2) is 16.3 Å². The largest absolute Gasteiger partial charge is 0.330 e. The molecule has 2 rings (SSSR count).